The second-order valence-electron chi connectivity index (χ2n) is 4.12. The van der Waals surface area contributed by atoms with Crippen molar-refractivity contribution in [3.63, 3.8) is 0 Å². The summed E-state index contributed by atoms with van der Waals surface area (Å²) in [5, 5.41) is 3.09. The number of hydrogen-bond acceptors (Lipinski definition) is 4. The summed E-state index contributed by atoms with van der Waals surface area (Å²) in [6.45, 7) is 3.23. The Labute approximate surface area is 122 Å². The molecule has 0 spiro atoms. The van der Waals surface area contributed by atoms with Crippen LogP contribution in [0.1, 0.15) is 12.5 Å². The molecule has 3 nitrogen and oxygen atoms in total. The van der Waals surface area contributed by atoms with Crippen molar-refractivity contribution in [1.29, 1.82) is 0 Å². The maximum absolute atomic E-state index is 14.3. The van der Waals surface area contributed by atoms with E-state index in [1.807, 2.05) is 37.4 Å². The van der Waals surface area contributed by atoms with E-state index in [-0.39, 0.29) is 5.88 Å². The number of hydrogen-bond donors (Lipinski definition) is 1. The number of nitrogens with zero attached hydrogens (tertiary/aromatic N) is 1. The summed E-state index contributed by atoms with van der Waals surface area (Å²) in [6.07, 6.45) is 3.51. The Bertz CT molecular complexity index is 578. The van der Waals surface area contributed by atoms with Gasteiger partial charge in [0.2, 0.25) is 0 Å². The number of nitrogens with one attached hydrogen (secondary N) is 1. The van der Waals surface area contributed by atoms with E-state index in [1.165, 1.54) is 0 Å². The zero-order valence-corrected chi connectivity index (χ0v) is 12.3. The number of benzene rings is 1. The van der Waals surface area contributed by atoms with Gasteiger partial charge in [0.15, 0.2) is 5.82 Å². The minimum absolute atomic E-state index is 0.0157. The van der Waals surface area contributed by atoms with E-state index in [4.69, 9.17) is 4.74 Å². The van der Waals surface area contributed by atoms with E-state index in [0.717, 1.165) is 11.4 Å². The van der Waals surface area contributed by atoms with Crippen LogP contribution in [0.4, 0.5) is 4.39 Å². The zero-order chi connectivity index (χ0) is 14.4. The fourth-order valence-electron chi connectivity index (χ4n) is 1.74. The van der Waals surface area contributed by atoms with Crippen molar-refractivity contribution in [2.45, 2.75) is 18.4 Å². The summed E-state index contributed by atoms with van der Waals surface area (Å²) in [4.78, 5) is 4.93. The quantitative estimate of drug-likeness (QED) is 0.820. The topological polar surface area (TPSA) is 34.2 Å². The molecular weight excluding hydrogens is 275 g/mol. The van der Waals surface area contributed by atoms with Crippen LogP contribution < -0.4 is 10.1 Å². The molecule has 0 saturated carbocycles. The number of ether oxygens (including phenoxy) is 1. The van der Waals surface area contributed by atoms with Crippen molar-refractivity contribution in [2.75, 3.05) is 12.8 Å². The van der Waals surface area contributed by atoms with E-state index in [1.54, 1.807) is 24.0 Å². The van der Waals surface area contributed by atoms with Gasteiger partial charge in [-0.3, -0.25) is 0 Å². The Morgan fingerprint density at radius 1 is 1.30 bits per heavy atom. The molecule has 2 rings (SSSR count). The van der Waals surface area contributed by atoms with Gasteiger partial charge in [-0.2, -0.15) is 0 Å². The third kappa shape index (κ3) is 3.49. The SMILES string of the molecule is CCNCc1ccnc(Oc2ccccc2SC)c1F. The number of para-hydroxylation sites is 1. The third-order valence-electron chi connectivity index (χ3n) is 2.78. The van der Waals surface area contributed by atoms with Crippen LogP contribution in [0.3, 0.4) is 0 Å². The molecule has 0 unspecified atom stereocenters. The monoisotopic (exact) mass is 292 g/mol. The minimum atomic E-state index is -0.413. The van der Waals surface area contributed by atoms with Crippen molar-refractivity contribution in [1.82, 2.24) is 10.3 Å². The second-order valence-corrected chi connectivity index (χ2v) is 4.97. The first kappa shape index (κ1) is 14.8. The molecule has 0 radical (unpaired) electrons. The Kier molecular flexibility index (Phi) is 5.38. The highest BCUT2D eigenvalue weighted by molar-refractivity contribution is 7.98. The first-order chi connectivity index (χ1) is 9.76. The van der Waals surface area contributed by atoms with Gasteiger partial charge in [0.25, 0.3) is 5.88 Å². The van der Waals surface area contributed by atoms with Gasteiger partial charge in [0.05, 0.1) is 0 Å². The summed E-state index contributed by atoms with van der Waals surface area (Å²) in [5.41, 5.74) is 0.554. The molecule has 5 heteroatoms. The average Bonchev–Trinajstić information content (AvgIpc) is 2.48. The highest BCUT2D eigenvalue weighted by atomic mass is 32.2. The molecule has 0 aliphatic rings. The summed E-state index contributed by atoms with van der Waals surface area (Å²) in [5.74, 6) is 0.221. The molecule has 0 bridgehead atoms. The Morgan fingerprint density at radius 2 is 2.10 bits per heavy atom. The van der Waals surface area contributed by atoms with Gasteiger partial charge < -0.3 is 10.1 Å². The van der Waals surface area contributed by atoms with Gasteiger partial charge in [0, 0.05) is 23.2 Å². The fourth-order valence-corrected chi connectivity index (χ4v) is 2.26. The fraction of sp³-hybridized carbons (Fsp3) is 0.267. The van der Waals surface area contributed by atoms with Crippen LogP contribution in [0.15, 0.2) is 41.4 Å². The predicted molar refractivity (Wildman–Crippen MR) is 79.9 cm³/mol. The molecule has 106 valence electrons. The van der Waals surface area contributed by atoms with Crippen LogP contribution in [0.25, 0.3) is 0 Å². The first-order valence-electron chi connectivity index (χ1n) is 6.41. The second kappa shape index (κ2) is 7.26. The lowest BCUT2D eigenvalue weighted by Crippen LogP contribution is -2.13. The van der Waals surface area contributed by atoms with Gasteiger partial charge in [-0.15, -0.1) is 11.8 Å². The largest absolute Gasteiger partial charge is 0.435 e. The molecule has 0 atom stereocenters. The highest BCUT2D eigenvalue weighted by Gasteiger charge is 2.12. The highest BCUT2D eigenvalue weighted by Crippen LogP contribution is 2.31. The maximum Gasteiger partial charge on any atom is 0.256 e. The van der Waals surface area contributed by atoms with Crippen molar-refractivity contribution in [2.24, 2.45) is 0 Å². The maximum atomic E-state index is 14.3. The summed E-state index contributed by atoms with van der Waals surface area (Å²) >= 11 is 1.55. The van der Waals surface area contributed by atoms with Crippen molar-refractivity contribution in [3.05, 3.63) is 47.9 Å². The van der Waals surface area contributed by atoms with Gasteiger partial charge in [-0.1, -0.05) is 19.1 Å². The average molecular weight is 292 g/mol. The predicted octanol–water partition coefficient (Wildman–Crippen LogP) is 3.84. The smallest absolute Gasteiger partial charge is 0.256 e. The van der Waals surface area contributed by atoms with Crippen molar-refractivity contribution < 1.29 is 9.13 Å². The molecular formula is C15H17FN2OS. The standard InChI is InChI=1S/C15H17FN2OS/c1-3-17-10-11-8-9-18-15(14(11)16)19-12-6-4-5-7-13(12)20-2/h4-9,17H,3,10H2,1-2H3. The van der Waals surface area contributed by atoms with Crippen molar-refractivity contribution >= 4 is 11.8 Å². The van der Waals surface area contributed by atoms with Crippen LogP contribution in [0.2, 0.25) is 0 Å². The number of rotatable bonds is 6. The molecule has 1 heterocycles. The van der Waals surface area contributed by atoms with E-state index in [0.29, 0.717) is 17.9 Å². The molecule has 2 aromatic rings. The van der Waals surface area contributed by atoms with Crippen LogP contribution in [-0.2, 0) is 6.54 Å². The number of aromatic nitrogens is 1. The normalized spacial score (nSPS) is 10.6. The number of thioether (sulfide) groups is 1. The molecule has 1 N–H and O–H groups in total. The third-order valence-corrected chi connectivity index (χ3v) is 3.56. The number of pyridine rings is 1. The minimum Gasteiger partial charge on any atom is -0.435 e. The molecule has 1 aromatic carbocycles. The molecule has 0 fully saturated rings. The molecule has 1 aromatic heterocycles. The Morgan fingerprint density at radius 3 is 2.85 bits per heavy atom. The van der Waals surface area contributed by atoms with Crippen LogP contribution in [0, 0.1) is 5.82 Å². The van der Waals surface area contributed by atoms with Crippen LogP contribution in [-0.4, -0.2) is 17.8 Å². The van der Waals surface area contributed by atoms with Crippen molar-refractivity contribution in [3.8, 4) is 11.6 Å². The van der Waals surface area contributed by atoms with Gasteiger partial charge in [-0.05, 0) is 31.0 Å². The lowest BCUT2D eigenvalue weighted by molar-refractivity contribution is 0.410. The molecule has 0 saturated heterocycles. The molecule has 0 amide bonds. The zero-order valence-electron chi connectivity index (χ0n) is 11.5. The first-order valence-corrected chi connectivity index (χ1v) is 7.63. The molecule has 20 heavy (non-hydrogen) atoms. The lowest BCUT2D eigenvalue weighted by atomic mass is 10.2. The van der Waals surface area contributed by atoms with Crippen LogP contribution >= 0.6 is 11.8 Å². The van der Waals surface area contributed by atoms with Gasteiger partial charge >= 0.3 is 0 Å². The Balaban J connectivity index is 2.25. The summed E-state index contributed by atoms with van der Waals surface area (Å²) in [6, 6.07) is 9.18. The molecule has 0 aliphatic heterocycles. The summed E-state index contributed by atoms with van der Waals surface area (Å²) < 4.78 is 19.9. The lowest BCUT2D eigenvalue weighted by Gasteiger charge is -2.11. The van der Waals surface area contributed by atoms with Crippen LogP contribution in [0.5, 0.6) is 11.6 Å². The number of halogens is 1. The van der Waals surface area contributed by atoms with E-state index < -0.39 is 5.82 Å². The molecule has 0 aliphatic carbocycles. The van der Waals surface area contributed by atoms with E-state index >= 15 is 0 Å². The van der Waals surface area contributed by atoms with E-state index in [9.17, 15) is 4.39 Å². The van der Waals surface area contributed by atoms with Gasteiger partial charge in [0.1, 0.15) is 5.75 Å². The van der Waals surface area contributed by atoms with E-state index in [2.05, 4.69) is 10.3 Å². The van der Waals surface area contributed by atoms with Gasteiger partial charge in [-0.25, -0.2) is 9.37 Å². The summed E-state index contributed by atoms with van der Waals surface area (Å²) in [7, 11) is 0. The Hall–Kier alpha value is -1.59.